The third-order valence-electron chi connectivity index (χ3n) is 3.04. The molecule has 0 bridgehead atoms. The highest BCUT2D eigenvalue weighted by atomic mass is 14.6. The molecule has 0 saturated heterocycles. The minimum Gasteiger partial charge on any atom is -0.399 e. The smallest absolute Gasteiger partial charge is 0.0354 e. The molecule has 0 radical (unpaired) electrons. The summed E-state index contributed by atoms with van der Waals surface area (Å²) in [6.45, 7) is 2.00. The molecule has 17 heavy (non-hydrogen) atoms. The molecule has 0 aliphatic rings. The van der Waals surface area contributed by atoms with Crippen LogP contribution in [-0.4, -0.2) is 0 Å². The Hall–Kier alpha value is -2.16. The lowest BCUT2D eigenvalue weighted by atomic mass is 9.97. The van der Waals surface area contributed by atoms with Gasteiger partial charge in [0, 0.05) is 17.1 Å². The average molecular weight is 227 g/mol. The maximum Gasteiger partial charge on any atom is 0.0354 e. The zero-order valence-corrected chi connectivity index (χ0v) is 9.90. The molecule has 3 nitrogen and oxygen atoms in total. The molecule has 6 N–H and O–H groups in total. The number of nitrogens with two attached hydrogens (primary N) is 3. The summed E-state index contributed by atoms with van der Waals surface area (Å²) in [7, 11) is 0. The molecule has 0 fully saturated rings. The third kappa shape index (κ3) is 2.33. The van der Waals surface area contributed by atoms with Crippen LogP contribution in [0.25, 0.3) is 0 Å². The maximum atomic E-state index is 5.99. The molecule has 0 atom stereocenters. The second-order valence-electron chi connectivity index (χ2n) is 4.27. The van der Waals surface area contributed by atoms with Gasteiger partial charge < -0.3 is 17.2 Å². The summed E-state index contributed by atoms with van der Waals surface area (Å²) >= 11 is 0. The van der Waals surface area contributed by atoms with Crippen LogP contribution in [0.1, 0.15) is 16.7 Å². The van der Waals surface area contributed by atoms with Crippen molar-refractivity contribution in [1.82, 2.24) is 0 Å². The minimum atomic E-state index is 0.769. The van der Waals surface area contributed by atoms with Gasteiger partial charge in [0.1, 0.15) is 0 Å². The Balaban J connectivity index is 2.36. The van der Waals surface area contributed by atoms with E-state index in [1.54, 1.807) is 0 Å². The van der Waals surface area contributed by atoms with Gasteiger partial charge in [-0.2, -0.15) is 0 Å². The van der Waals surface area contributed by atoms with E-state index < -0.39 is 0 Å². The van der Waals surface area contributed by atoms with Crippen LogP contribution >= 0.6 is 0 Å². The lowest BCUT2D eigenvalue weighted by Crippen LogP contribution is -2.02. The largest absolute Gasteiger partial charge is 0.399 e. The van der Waals surface area contributed by atoms with Crippen LogP contribution in [0.5, 0.6) is 0 Å². The molecule has 2 aromatic rings. The van der Waals surface area contributed by atoms with Crippen molar-refractivity contribution in [2.24, 2.45) is 0 Å². The predicted octanol–water partition coefficient (Wildman–Crippen LogP) is 2.33. The van der Waals surface area contributed by atoms with Gasteiger partial charge in [-0.15, -0.1) is 0 Å². The van der Waals surface area contributed by atoms with E-state index in [4.69, 9.17) is 17.2 Å². The minimum absolute atomic E-state index is 0.769. The van der Waals surface area contributed by atoms with E-state index in [0.717, 1.165) is 34.6 Å². The molecule has 0 aliphatic heterocycles. The molecule has 0 unspecified atom stereocenters. The molecule has 0 amide bonds. The van der Waals surface area contributed by atoms with Crippen LogP contribution in [0.3, 0.4) is 0 Å². The first-order valence-corrected chi connectivity index (χ1v) is 5.56. The van der Waals surface area contributed by atoms with Crippen molar-refractivity contribution in [2.45, 2.75) is 13.3 Å². The standard InChI is InChI=1S/C14H17N3/c1-9-12(14(17)7-6-13(9)16)8-10-2-4-11(15)5-3-10/h2-7H,8,15-17H2,1H3. The van der Waals surface area contributed by atoms with Gasteiger partial charge in [0.15, 0.2) is 0 Å². The average Bonchev–Trinajstić information content (AvgIpc) is 2.32. The van der Waals surface area contributed by atoms with E-state index in [1.807, 2.05) is 43.3 Å². The lowest BCUT2D eigenvalue weighted by Gasteiger charge is -2.12. The van der Waals surface area contributed by atoms with Crippen molar-refractivity contribution in [1.29, 1.82) is 0 Å². The molecule has 2 rings (SSSR count). The maximum absolute atomic E-state index is 5.99. The zero-order valence-electron chi connectivity index (χ0n) is 9.90. The van der Waals surface area contributed by atoms with Crippen LogP contribution in [0.2, 0.25) is 0 Å². The van der Waals surface area contributed by atoms with Crippen molar-refractivity contribution in [2.75, 3.05) is 17.2 Å². The van der Waals surface area contributed by atoms with Crippen molar-refractivity contribution < 1.29 is 0 Å². The fourth-order valence-electron chi connectivity index (χ4n) is 1.87. The van der Waals surface area contributed by atoms with E-state index in [0.29, 0.717) is 0 Å². The summed E-state index contributed by atoms with van der Waals surface area (Å²) in [5.41, 5.74) is 23.2. The van der Waals surface area contributed by atoms with Crippen molar-refractivity contribution >= 4 is 17.1 Å². The number of hydrogen-bond acceptors (Lipinski definition) is 3. The molecule has 0 spiro atoms. The van der Waals surface area contributed by atoms with Gasteiger partial charge in [0.25, 0.3) is 0 Å². The number of rotatable bonds is 2. The van der Waals surface area contributed by atoms with E-state index in [-0.39, 0.29) is 0 Å². The lowest BCUT2D eigenvalue weighted by molar-refractivity contribution is 1.16. The summed E-state index contributed by atoms with van der Waals surface area (Å²) in [5.74, 6) is 0. The molecular formula is C14H17N3. The molecular weight excluding hydrogens is 210 g/mol. The highest BCUT2D eigenvalue weighted by molar-refractivity contribution is 5.62. The Morgan fingerprint density at radius 2 is 1.41 bits per heavy atom. The third-order valence-corrected chi connectivity index (χ3v) is 3.04. The summed E-state index contributed by atoms with van der Waals surface area (Å²) in [4.78, 5) is 0. The van der Waals surface area contributed by atoms with E-state index in [1.165, 1.54) is 5.56 Å². The summed E-state index contributed by atoms with van der Waals surface area (Å²) in [5, 5.41) is 0. The summed E-state index contributed by atoms with van der Waals surface area (Å²) in [6.07, 6.45) is 0.781. The van der Waals surface area contributed by atoms with E-state index in [9.17, 15) is 0 Å². The highest BCUT2D eigenvalue weighted by Crippen LogP contribution is 2.25. The van der Waals surface area contributed by atoms with Gasteiger partial charge in [-0.1, -0.05) is 12.1 Å². The molecule has 0 heterocycles. The first-order valence-electron chi connectivity index (χ1n) is 5.56. The van der Waals surface area contributed by atoms with Gasteiger partial charge in [-0.05, 0) is 54.3 Å². The second-order valence-corrected chi connectivity index (χ2v) is 4.27. The molecule has 0 saturated carbocycles. The first-order chi connectivity index (χ1) is 8.08. The quantitative estimate of drug-likeness (QED) is 0.689. The van der Waals surface area contributed by atoms with Crippen LogP contribution in [0.15, 0.2) is 36.4 Å². The Labute approximate surface area is 101 Å². The number of anilines is 3. The van der Waals surface area contributed by atoms with Crippen molar-refractivity contribution in [3.8, 4) is 0 Å². The molecule has 3 heteroatoms. The molecule has 88 valence electrons. The number of hydrogen-bond donors (Lipinski definition) is 3. The van der Waals surface area contributed by atoms with Gasteiger partial charge >= 0.3 is 0 Å². The van der Waals surface area contributed by atoms with E-state index >= 15 is 0 Å². The van der Waals surface area contributed by atoms with E-state index in [2.05, 4.69) is 0 Å². The second kappa shape index (κ2) is 4.37. The van der Waals surface area contributed by atoms with Gasteiger partial charge in [0.2, 0.25) is 0 Å². The Morgan fingerprint density at radius 3 is 2.06 bits per heavy atom. The zero-order chi connectivity index (χ0) is 12.4. The molecule has 0 aromatic heterocycles. The van der Waals surface area contributed by atoms with Crippen molar-refractivity contribution in [3.63, 3.8) is 0 Å². The SMILES string of the molecule is Cc1c(N)ccc(N)c1Cc1ccc(N)cc1. The van der Waals surface area contributed by atoms with Crippen molar-refractivity contribution in [3.05, 3.63) is 53.1 Å². The first kappa shape index (κ1) is 11.3. The van der Waals surface area contributed by atoms with Gasteiger partial charge in [0.05, 0.1) is 0 Å². The Kier molecular flexibility index (Phi) is 2.91. The molecule has 2 aromatic carbocycles. The fraction of sp³-hybridized carbons (Fsp3) is 0.143. The van der Waals surface area contributed by atoms with Crippen LogP contribution in [0, 0.1) is 6.92 Å². The summed E-state index contributed by atoms with van der Waals surface area (Å²) < 4.78 is 0. The Bertz CT molecular complexity index is 530. The monoisotopic (exact) mass is 227 g/mol. The van der Waals surface area contributed by atoms with Crippen LogP contribution in [-0.2, 0) is 6.42 Å². The van der Waals surface area contributed by atoms with Crippen LogP contribution < -0.4 is 17.2 Å². The van der Waals surface area contributed by atoms with Crippen LogP contribution in [0.4, 0.5) is 17.1 Å². The normalized spacial score (nSPS) is 10.4. The fourth-order valence-corrected chi connectivity index (χ4v) is 1.87. The molecule has 0 aliphatic carbocycles. The number of benzene rings is 2. The van der Waals surface area contributed by atoms with Gasteiger partial charge in [-0.3, -0.25) is 0 Å². The summed E-state index contributed by atoms with van der Waals surface area (Å²) in [6, 6.07) is 11.5. The Morgan fingerprint density at radius 1 is 0.824 bits per heavy atom. The van der Waals surface area contributed by atoms with Gasteiger partial charge in [-0.25, -0.2) is 0 Å². The predicted molar refractivity (Wildman–Crippen MR) is 73.7 cm³/mol. The topological polar surface area (TPSA) is 78.1 Å². The number of nitrogen functional groups attached to an aromatic ring is 3. The highest BCUT2D eigenvalue weighted by Gasteiger charge is 2.07.